The lowest BCUT2D eigenvalue weighted by Gasteiger charge is -2.31. The van der Waals surface area contributed by atoms with Gasteiger partial charge >= 0.3 is 0 Å². The zero-order chi connectivity index (χ0) is 27.8. The minimum atomic E-state index is -0.222. The van der Waals surface area contributed by atoms with Crippen molar-refractivity contribution in [2.24, 2.45) is 0 Å². The standard InChI is InChI=1S/C31H30FN9/c1-38-11-13-39(14-12-38)19-26-20-41(37-36-26)27-6-7-29-28(17-27)31(34-21-33-29)35-25-5-8-30-23(16-25)9-10-40(30)18-22-3-2-4-24(32)15-22/h2-10,15-17,20-21H,11-14,18-19H2,1H3,(H,33,34,35). The van der Waals surface area contributed by atoms with E-state index in [4.69, 9.17) is 0 Å². The Kier molecular flexibility index (Phi) is 6.62. The van der Waals surface area contributed by atoms with Crippen LogP contribution in [0.1, 0.15) is 11.3 Å². The van der Waals surface area contributed by atoms with E-state index in [-0.39, 0.29) is 5.82 Å². The second-order valence-electron chi connectivity index (χ2n) is 10.6. The summed E-state index contributed by atoms with van der Waals surface area (Å²) in [6.45, 7) is 5.62. The molecule has 0 saturated carbocycles. The third-order valence-corrected chi connectivity index (χ3v) is 7.68. The van der Waals surface area contributed by atoms with E-state index in [1.54, 1.807) is 18.5 Å². The van der Waals surface area contributed by atoms with Crippen molar-refractivity contribution in [1.29, 1.82) is 0 Å². The van der Waals surface area contributed by atoms with E-state index in [9.17, 15) is 4.39 Å². The molecule has 0 unspecified atom stereocenters. The average molecular weight is 548 g/mol. The van der Waals surface area contributed by atoms with E-state index in [1.165, 1.54) is 6.07 Å². The lowest BCUT2D eigenvalue weighted by atomic mass is 10.2. The van der Waals surface area contributed by atoms with Gasteiger partial charge in [-0.3, -0.25) is 4.90 Å². The maximum atomic E-state index is 13.7. The molecular formula is C31H30FN9. The second kappa shape index (κ2) is 10.7. The Morgan fingerprint density at radius 1 is 0.902 bits per heavy atom. The summed E-state index contributed by atoms with van der Waals surface area (Å²) in [5.74, 6) is 0.494. The highest BCUT2D eigenvalue weighted by Crippen LogP contribution is 2.28. The zero-order valence-corrected chi connectivity index (χ0v) is 22.8. The van der Waals surface area contributed by atoms with Crippen LogP contribution in [0, 0.1) is 5.82 Å². The number of hydrogen-bond donors (Lipinski definition) is 1. The van der Waals surface area contributed by atoms with Gasteiger partial charge in [-0.1, -0.05) is 17.3 Å². The van der Waals surface area contributed by atoms with Crippen LogP contribution in [0.2, 0.25) is 0 Å². The van der Waals surface area contributed by atoms with Gasteiger partial charge in [0.15, 0.2) is 0 Å². The Bertz CT molecular complexity index is 1830. The van der Waals surface area contributed by atoms with Crippen LogP contribution in [-0.2, 0) is 13.1 Å². The number of fused-ring (bicyclic) bond motifs is 2. The van der Waals surface area contributed by atoms with Crippen LogP contribution in [0.4, 0.5) is 15.9 Å². The van der Waals surface area contributed by atoms with E-state index in [1.807, 2.05) is 47.4 Å². The molecule has 0 bridgehead atoms. The third kappa shape index (κ3) is 5.39. The molecule has 1 fully saturated rings. The van der Waals surface area contributed by atoms with Gasteiger partial charge in [0.2, 0.25) is 0 Å². The average Bonchev–Trinajstić information content (AvgIpc) is 3.61. The van der Waals surface area contributed by atoms with Crippen LogP contribution in [0.15, 0.2) is 85.5 Å². The molecule has 3 aromatic heterocycles. The number of benzene rings is 3. The van der Waals surface area contributed by atoms with Gasteiger partial charge in [0.1, 0.15) is 18.0 Å². The van der Waals surface area contributed by atoms with Gasteiger partial charge in [0.25, 0.3) is 0 Å². The molecule has 0 radical (unpaired) electrons. The molecule has 10 heteroatoms. The quantitative estimate of drug-likeness (QED) is 0.306. The molecule has 0 amide bonds. The largest absolute Gasteiger partial charge is 0.343 e. The summed E-state index contributed by atoms with van der Waals surface area (Å²) in [4.78, 5) is 13.8. The van der Waals surface area contributed by atoms with Gasteiger partial charge in [0.05, 0.1) is 23.1 Å². The number of hydrogen-bond acceptors (Lipinski definition) is 7. The van der Waals surface area contributed by atoms with Gasteiger partial charge in [-0.2, -0.15) is 0 Å². The minimum absolute atomic E-state index is 0.222. The summed E-state index contributed by atoms with van der Waals surface area (Å²) in [6, 6.07) is 21.0. The van der Waals surface area contributed by atoms with Crippen molar-refractivity contribution in [3.8, 4) is 5.69 Å². The number of anilines is 2. The molecule has 41 heavy (non-hydrogen) atoms. The van der Waals surface area contributed by atoms with Crippen molar-refractivity contribution in [1.82, 2.24) is 39.3 Å². The van der Waals surface area contributed by atoms with E-state index in [2.05, 4.69) is 65.2 Å². The maximum Gasteiger partial charge on any atom is 0.141 e. The first-order valence-electron chi connectivity index (χ1n) is 13.7. The molecule has 0 atom stereocenters. The van der Waals surface area contributed by atoms with E-state index >= 15 is 0 Å². The topological polar surface area (TPSA) is 79.9 Å². The van der Waals surface area contributed by atoms with Crippen LogP contribution in [0.5, 0.6) is 0 Å². The molecule has 0 aliphatic carbocycles. The molecule has 9 nitrogen and oxygen atoms in total. The van der Waals surface area contributed by atoms with Crippen molar-refractivity contribution in [2.75, 3.05) is 38.5 Å². The van der Waals surface area contributed by atoms with Crippen molar-refractivity contribution >= 4 is 33.3 Å². The van der Waals surface area contributed by atoms with Crippen molar-refractivity contribution in [2.45, 2.75) is 13.1 Å². The first kappa shape index (κ1) is 25.3. The smallest absolute Gasteiger partial charge is 0.141 e. The highest BCUT2D eigenvalue weighted by Gasteiger charge is 2.16. The van der Waals surface area contributed by atoms with Crippen LogP contribution in [-0.4, -0.2) is 72.6 Å². The molecule has 3 aromatic carbocycles. The van der Waals surface area contributed by atoms with Gasteiger partial charge in [-0.25, -0.2) is 19.0 Å². The molecule has 1 saturated heterocycles. The van der Waals surface area contributed by atoms with Crippen LogP contribution in [0.3, 0.4) is 0 Å². The molecule has 206 valence electrons. The van der Waals surface area contributed by atoms with Gasteiger partial charge in [-0.15, -0.1) is 5.10 Å². The lowest BCUT2D eigenvalue weighted by Crippen LogP contribution is -2.43. The molecule has 1 aliphatic heterocycles. The number of aromatic nitrogens is 6. The normalized spacial score (nSPS) is 14.7. The summed E-state index contributed by atoms with van der Waals surface area (Å²) < 4.78 is 17.6. The van der Waals surface area contributed by atoms with Crippen LogP contribution >= 0.6 is 0 Å². The minimum Gasteiger partial charge on any atom is -0.343 e. The van der Waals surface area contributed by atoms with Crippen molar-refractivity contribution < 1.29 is 4.39 Å². The second-order valence-corrected chi connectivity index (χ2v) is 10.6. The first-order chi connectivity index (χ1) is 20.1. The third-order valence-electron chi connectivity index (χ3n) is 7.68. The van der Waals surface area contributed by atoms with E-state index in [0.29, 0.717) is 12.4 Å². The maximum absolute atomic E-state index is 13.7. The number of rotatable bonds is 7. The Labute approximate surface area is 236 Å². The molecule has 6 aromatic rings. The summed E-state index contributed by atoms with van der Waals surface area (Å²) >= 11 is 0. The van der Waals surface area contributed by atoms with E-state index in [0.717, 1.165) is 77.2 Å². The van der Waals surface area contributed by atoms with Gasteiger partial charge in [-0.05, 0) is 67.2 Å². The lowest BCUT2D eigenvalue weighted by molar-refractivity contribution is 0.147. The van der Waals surface area contributed by atoms with E-state index < -0.39 is 0 Å². The van der Waals surface area contributed by atoms with Crippen LogP contribution in [0.25, 0.3) is 27.5 Å². The molecule has 7 rings (SSSR count). The Morgan fingerprint density at radius 3 is 2.68 bits per heavy atom. The molecule has 1 N–H and O–H groups in total. The predicted molar refractivity (Wildman–Crippen MR) is 158 cm³/mol. The fraction of sp³-hybridized carbons (Fsp3) is 0.226. The summed E-state index contributed by atoms with van der Waals surface area (Å²) in [7, 11) is 2.16. The number of piperazine rings is 1. The van der Waals surface area contributed by atoms with Crippen molar-refractivity contribution in [3.63, 3.8) is 0 Å². The summed E-state index contributed by atoms with van der Waals surface area (Å²) in [5, 5.41) is 14.3. The Hall–Kier alpha value is -4.67. The summed E-state index contributed by atoms with van der Waals surface area (Å²) in [5.41, 5.74) is 5.61. The molecule has 0 spiro atoms. The number of nitrogens with one attached hydrogen (secondary N) is 1. The number of likely N-dealkylation sites (N-methyl/N-ethyl adjacent to an activating group) is 1. The highest BCUT2D eigenvalue weighted by molar-refractivity contribution is 5.93. The molecule has 4 heterocycles. The van der Waals surface area contributed by atoms with Crippen molar-refractivity contribution in [3.05, 3.63) is 103 Å². The van der Waals surface area contributed by atoms with Gasteiger partial charge in [0, 0.05) is 67.4 Å². The molecule has 1 aliphatic rings. The Balaban J connectivity index is 1.12. The van der Waals surface area contributed by atoms with Gasteiger partial charge < -0.3 is 14.8 Å². The number of halogens is 1. The predicted octanol–water partition coefficient (Wildman–Crippen LogP) is 4.84. The Morgan fingerprint density at radius 2 is 1.80 bits per heavy atom. The monoisotopic (exact) mass is 547 g/mol. The highest BCUT2D eigenvalue weighted by atomic mass is 19.1. The number of nitrogens with zero attached hydrogens (tertiary/aromatic N) is 8. The zero-order valence-electron chi connectivity index (χ0n) is 22.8. The summed E-state index contributed by atoms with van der Waals surface area (Å²) in [6.07, 6.45) is 5.60. The van der Waals surface area contributed by atoms with Crippen LogP contribution < -0.4 is 5.32 Å². The fourth-order valence-corrected chi connectivity index (χ4v) is 5.40. The fourth-order valence-electron chi connectivity index (χ4n) is 5.40. The molecular weight excluding hydrogens is 517 g/mol. The first-order valence-corrected chi connectivity index (χ1v) is 13.7. The SMILES string of the molecule is CN1CCN(Cc2cn(-c3ccc4ncnc(Nc5ccc6c(ccn6Cc6cccc(F)c6)c5)c4c3)nn2)CC1.